The summed E-state index contributed by atoms with van der Waals surface area (Å²) in [4.78, 5) is 37.4. The third kappa shape index (κ3) is 5.94. The van der Waals surface area contributed by atoms with E-state index in [1.165, 1.54) is 11.3 Å². The summed E-state index contributed by atoms with van der Waals surface area (Å²) in [6, 6.07) is -0.594. The van der Waals surface area contributed by atoms with Crippen molar-refractivity contribution in [2.75, 3.05) is 0 Å². The maximum atomic E-state index is 11.3. The minimum Gasteiger partial charge on any atom is -0.481 e. The van der Waals surface area contributed by atoms with Crippen molar-refractivity contribution in [2.24, 2.45) is 0 Å². The summed E-state index contributed by atoms with van der Waals surface area (Å²) in [5.74, 6) is -1.45. The number of hydrogen-bond acceptors (Lipinski definition) is 5. The summed E-state index contributed by atoms with van der Waals surface area (Å²) >= 11 is 1.40. The number of aliphatic carboxylic acids is 1. The van der Waals surface area contributed by atoms with Gasteiger partial charge in [0.15, 0.2) is 0 Å². The molecule has 0 aromatic carbocycles. The Balaban J connectivity index is 2.15. The van der Waals surface area contributed by atoms with Gasteiger partial charge < -0.3 is 10.4 Å². The fraction of sp³-hybridized carbons (Fsp3) is 0.400. The zero-order valence-corrected chi connectivity index (χ0v) is 10.3. The lowest BCUT2D eigenvalue weighted by Gasteiger charge is -2.04. The molecule has 0 radical (unpaired) electrons. The third-order valence-electron chi connectivity index (χ3n) is 1.95. The molecule has 3 amide bonds. The highest BCUT2D eigenvalue weighted by atomic mass is 32.1. The number of carbonyl (C=O) groups excluding carboxylic acids is 2. The van der Waals surface area contributed by atoms with Crippen LogP contribution in [-0.4, -0.2) is 28.0 Å². The molecular formula is C10H13N3O4S. The standard InChI is InChI=1S/C10H13N3O4S/c14-8(2-1-3-9(15)16)13-10(17)12-5-7-4-11-6-18-7/h4,6H,1-3,5H2,(H,15,16)(H2,12,13,14,17). The average molecular weight is 271 g/mol. The number of aromatic nitrogens is 1. The fourth-order valence-electron chi connectivity index (χ4n) is 1.13. The molecule has 8 heteroatoms. The molecule has 0 fully saturated rings. The molecule has 18 heavy (non-hydrogen) atoms. The molecule has 1 rings (SSSR count). The van der Waals surface area contributed by atoms with Crippen LogP contribution in [0.3, 0.4) is 0 Å². The third-order valence-corrected chi connectivity index (χ3v) is 2.73. The minimum atomic E-state index is -0.961. The molecule has 0 saturated carbocycles. The van der Waals surface area contributed by atoms with Crippen LogP contribution < -0.4 is 10.6 Å². The van der Waals surface area contributed by atoms with Gasteiger partial charge in [0.05, 0.1) is 12.1 Å². The van der Waals surface area contributed by atoms with Gasteiger partial charge in [-0.05, 0) is 6.42 Å². The van der Waals surface area contributed by atoms with Crippen LogP contribution in [0, 0.1) is 0 Å². The van der Waals surface area contributed by atoms with Crippen molar-refractivity contribution in [3.8, 4) is 0 Å². The number of carboxylic acid groups (broad SMARTS) is 1. The quantitative estimate of drug-likeness (QED) is 0.706. The van der Waals surface area contributed by atoms with Gasteiger partial charge in [-0.3, -0.25) is 19.9 Å². The van der Waals surface area contributed by atoms with Crippen LogP contribution in [0.5, 0.6) is 0 Å². The summed E-state index contributed by atoms with van der Waals surface area (Å²) in [6.45, 7) is 0.304. The minimum absolute atomic E-state index is 0.0142. The molecule has 0 atom stereocenters. The van der Waals surface area contributed by atoms with Crippen molar-refractivity contribution < 1.29 is 19.5 Å². The molecule has 1 aromatic heterocycles. The van der Waals surface area contributed by atoms with Gasteiger partial charge in [-0.25, -0.2) is 4.79 Å². The Bertz CT molecular complexity index is 419. The molecule has 0 bridgehead atoms. The van der Waals surface area contributed by atoms with Crippen molar-refractivity contribution in [1.29, 1.82) is 0 Å². The van der Waals surface area contributed by atoms with E-state index in [9.17, 15) is 14.4 Å². The molecule has 0 spiro atoms. The Morgan fingerprint density at radius 2 is 2.11 bits per heavy atom. The van der Waals surface area contributed by atoms with E-state index in [-0.39, 0.29) is 19.3 Å². The van der Waals surface area contributed by atoms with E-state index >= 15 is 0 Å². The van der Waals surface area contributed by atoms with Gasteiger partial charge in [0.25, 0.3) is 0 Å². The maximum Gasteiger partial charge on any atom is 0.321 e. The van der Waals surface area contributed by atoms with Crippen LogP contribution in [0.15, 0.2) is 11.7 Å². The van der Waals surface area contributed by atoms with Crippen molar-refractivity contribution in [3.05, 3.63) is 16.6 Å². The lowest BCUT2D eigenvalue weighted by molar-refractivity contribution is -0.137. The monoisotopic (exact) mass is 271 g/mol. The van der Waals surface area contributed by atoms with Gasteiger partial charge in [0.2, 0.25) is 5.91 Å². The Morgan fingerprint density at radius 1 is 1.33 bits per heavy atom. The van der Waals surface area contributed by atoms with Crippen LogP contribution >= 0.6 is 11.3 Å². The second-order valence-electron chi connectivity index (χ2n) is 3.45. The van der Waals surface area contributed by atoms with Gasteiger partial charge in [0, 0.05) is 23.9 Å². The SMILES string of the molecule is O=C(O)CCCC(=O)NC(=O)NCc1cncs1. The van der Waals surface area contributed by atoms with Crippen LogP contribution in [0.25, 0.3) is 0 Å². The number of hydrogen-bond donors (Lipinski definition) is 3. The Hall–Kier alpha value is -1.96. The number of nitrogens with zero attached hydrogens (tertiary/aromatic N) is 1. The smallest absolute Gasteiger partial charge is 0.321 e. The second kappa shape index (κ2) is 7.38. The molecule has 3 N–H and O–H groups in total. The molecule has 1 heterocycles. The topological polar surface area (TPSA) is 108 Å². The highest BCUT2D eigenvalue weighted by Crippen LogP contribution is 2.03. The Morgan fingerprint density at radius 3 is 2.72 bits per heavy atom. The summed E-state index contributed by atoms with van der Waals surface area (Å²) in [5.41, 5.74) is 1.64. The van der Waals surface area contributed by atoms with Crippen LogP contribution in [0.4, 0.5) is 4.79 Å². The van der Waals surface area contributed by atoms with E-state index in [4.69, 9.17) is 5.11 Å². The predicted octanol–water partition coefficient (Wildman–Crippen LogP) is 0.724. The van der Waals surface area contributed by atoms with Gasteiger partial charge in [-0.1, -0.05) is 0 Å². The molecule has 0 aliphatic heterocycles. The highest BCUT2D eigenvalue weighted by molar-refractivity contribution is 7.09. The molecule has 1 aromatic rings. The summed E-state index contributed by atoms with van der Waals surface area (Å²) in [5, 5.41) is 13.0. The van der Waals surface area contributed by atoms with E-state index in [2.05, 4.69) is 15.6 Å². The lowest BCUT2D eigenvalue weighted by Crippen LogP contribution is -2.38. The van der Waals surface area contributed by atoms with Crippen LogP contribution in [-0.2, 0) is 16.1 Å². The number of nitrogens with one attached hydrogen (secondary N) is 2. The molecule has 98 valence electrons. The number of amides is 3. The molecule has 7 nitrogen and oxygen atoms in total. The molecular weight excluding hydrogens is 258 g/mol. The van der Waals surface area contributed by atoms with E-state index in [1.54, 1.807) is 11.7 Å². The Kier molecular flexibility index (Phi) is 5.78. The zero-order chi connectivity index (χ0) is 13.4. The van der Waals surface area contributed by atoms with Gasteiger partial charge in [-0.15, -0.1) is 11.3 Å². The largest absolute Gasteiger partial charge is 0.481 e. The van der Waals surface area contributed by atoms with Crippen molar-refractivity contribution in [1.82, 2.24) is 15.6 Å². The number of urea groups is 1. The number of carbonyl (C=O) groups is 3. The number of thiazole rings is 1. The number of imide groups is 1. The number of carboxylic acids is 1. The first-order valence-corrected chi connectivity index (χ1v) is 6.12. The maximum absolute atomic E-state index is 11.3. The van der Waals surface area contributed by atoms with E-state index < -0.39 is 17.9 Å². The van der Waals surface area contributed by atoms with Gasteiger partial charge in [0.1, 0.15) is 0 Å². The van der Waals surface area contributed by atoms with Crippen molar-refractivity contribution >= 4 is 29.2 Å². The summed E-state index contributed by atoms with van der Waals surface area (Å²) < 4.78 is 0. The van der Waals surface area contributed by atoms with Crippen molar-refractivity contribution in [3.63, 3.8) is 0 Å². The summed E-state index contributed by atoms with van der Waals surface area (Å²) in [6.07, 6.45) is 1.76. The molecule has 0 saturated heterocycles. The van der Waals surface area contributed by atoms with Crippen LogP contribution in [0.1, 0.15) is 24.1 Å². The lowest BCUT2D eigenvalue weighted by atomic mass is 10.2. The first-order chi connectivity index (χ1) is 8.58. The second-order valence-corrected chi connectivity index (χ2v) is 4.42. The first kappa shape index (κ1) is 14.1. The molecule has 0 unspecified atom stereocenters. The highest BCUT2D eigenvalue weighted by Gasteiger charge is 2.08. The normalized spacial score (nSPS) is 9.78. The predicted molar refractivity (Wildman–Crippen MR) is 64.0 cm³/mol. The van der Waals surface area contributed by atoms with E-state index in [1.807, 2.05) is 0 Å². The first-order valence-electron chi connectivity index (χ1n) is 5.25. The number of rotatable bonds is 6. The van der Waals surface area contributed by atoms with E-state index in [0.717, 1.165) is 4.88 Å². The van der Waals surface area contributed by atoms with Crippen LogP contribution in [0.2, 0.25) is 0 Å². The van der Waals surface area contributed by atoms with Crippen molar-refractivity contribution in [2.45, 2.75) is 25.8 Å². The molecule has 0 aliphatic rings. The van der Waals surface area contributed by atoms with Gasteiger partial charge in [-0.2, -0.15) is 0 Å². The summed E-state index contributed by atoms with van der Waals surface area (Å²) in [7, 11) is 0. The average Bonchev–Trinajstić information content (AvgIpc) is 2.78. The molecule has 0 aliphatic carbocycles. The zero-order valence-electron chi connectivity index (χ0n) is 9.51. The van der Waals surface area contributed by atoms with E-state index in [0.29, 0.717) is 6.54 Å². The van der Waals surface area contributed by atoms with Gasteiger partial charge >= 0.3 is 12.0 Å². The fourth-order valence-corrected chi connectivity index (χ4v) is 1.66. The Labute approximate surface area is 107 Å².